The Morgan fingerprint density at radius 1 is 1.18 bits per heavy atom. The molecule has 2 amide bonds. The van der Waals surface area contributed by atoms with Gasteiger partial charge in [0.25, 0.3) is 0 Å². The first-order valence-electron chi connectivity index (χ1n) is 6.22. The lowest BCUT2D eigenvalue weighted by Gasteiger charge is -2.26. The Hall–Kier alpha value is -1.51. The molecule has 0 N–H and O–H groups in total. The molecular formula is C14H22N2O. The van der Waals surface area contributed by atoms with E-state index in [2.05, 4.69) is 12.2 Å². The number of rotatable bonds is 0. The summed E-state index contributed by atoms with van der Waals surface area (Å²) in [6, 6.07) is 0.215. The Kier molecular flexibility index (Phi) is 5.01. The first-order chi connectivity index (χ1) is 8.20. The van der Waals surface area contributed by atoms with Gasteiger partial charge in [-0.15, -0.1) is 0 Å². The number of amides is 2. The lowest BCUT2D eigenvalue weighted by Crippen LogP contribution is -2.41. The minimum atomic E-state index is 0.0925. The van der Waals surface area contributed by atoms with Crippen LogP contribution in [0.4, 0.5) is 4.79 Å². The quantitative estimate of drug-likeness (QED) is 0.632. The van der Waals surface area contributed by atoms with E-state index in [1.54, 1.807) is 9.80 Å². The molecule has 0 aromatic rings. The summed E-state index contributed by atoms with van der Waals surface area (Å²) in [7, 11) is 3.71. The molecular weight excluding hydrogens is 212 g/mol. The fourth-order valence-electron chi connectivity index (χ4n) is 2.02. The van der Waals surface area contributed by atoms with Gasteiger partial charge in [0.2, 0.25) is 0 Å². The lowest BCUT2D eigenvalue weighted by atomic mass is 10.0. The second-order valence-electron chi connectivity index (χ2n) is 4.02. The molecule has 1 unspecified atom stereocenters. The molecule has 0 aromatic heterocycles. The Labute approximate surface area is 104 Å². The van der Waals surface area contributed by atoms with Gasteiger partial charge in [0.05, 0.1) is 6.04 Å². The van der Waals surface area contributed by atoms with E-state index in [0.717, 1.165) is 13.0 Å². The summed E-state index contributed by atoms with van der Waals surface area (Å²) in [5.74, 6) is 0. The van der Waals surface area contributed by atoms with E-state index in [1.165, 1.54) is 5.57 Å². The molecule has 0 bridgehead atoms. The number of carbonyl (C=O) groups excluding carboxylic acids is 1. The molecule has 2 rings (SSSR count). The van der Waals surface area contributed by atoms with Crippen LogP contribution < -0.4 is 0 Å². The number of carbonyl (C=O) groups is 1. The topological polar surface area (TPSA) is 23.6 Å². The van der Waals surface area contributed by atoms with Crippen molar-refractivity contribution in [3.8, 4) is 0 Å². The number of fused-ring (bicyclic) bond motifs is 1. The molecule has 0 spiro atoms. The van der Waals surface area contributed by atoms with Gasteiger partial charge in [0.1, 0.15) is 0 Å². The Bertz CT molecular complexity index is 355. The minimum absolute atomic E-state index is 0.0925. The van der Waals surface area contributed by atoms with Crippen LogP contribution in [0.5, 0.6) is 0 Å². The van der Waals surface area contributed by atoms with Crippen LogP contribution in [0.15, 0.2) is 36.0 Å². The molecule has 94 valence electrons. The van der Waals surface area contributed by atoms with E-state index in [4.69, 9.17) is 0 Å². The number of urea groups is 1. The zero-order valence-corrected chi connectivity index (χ0v) is 11.2. The average molecular weight is 234 g/mol. The van der Waals surface area contributed by atoms with Gasteiger partial charge in [-0.05, 0) is 12.0 Å². The molecule has 2 aliphatic rings. The van der Waals surface area contributed by atoms with Crippen molar-refractivity contribution in [3.63, 3.8) is 0 Å². The third-order valence-corrected chi connectivity index (χ3v) is 2.99. The van der Waals surface area contributed by atoms with E-state index in [0.29, 0.717) is 0 Å². The van der Waals surface area contributed by atoms with Crippen LogP contribution in [0.2, 0.25) is 0 Å². The SMILES string of the molecule is CC.CN1CCC2=CC=CC=CC2N(C)C1=O. The van der Waals surface area contributed by atoms with Gasteiger partial charge in [0, 0.05) is 20.6 Å². The van der Waals surface area contributed by atoms with Crippen molar-refractivity contribution >= 4 is 6.03 Å². The maximum atomic E-state index is 11.9. The predicted molar refractivity (Wildman–Crippen MR) is 71.9 cm³/mol. The van der Waals surface area contributed by atoms with Crippen molar-refractivity contribution < 1.29 is 4.79 Å². The largest absolute Gasteiger partial charge is 0.327 e. The van der Waals surface area contributed by atoms with Gasteiger partial charge in [-0.2, -0.15) is 0 Å². The summed E-state index contributed by atoms with van der Waals surface area (Å²) in [4.78, 5) is 15.4. The number of nitrogens with zero attached hydrogens (tertiary/aromatic N) is 2. The Morgan fingerprint density at radius 2 is 1.88 bits per heavy atom. The second kappa shape index (κ2) is 6.28. The van der Waals surface area contributed by atoms with Crippen LogP contribution in [0.1, 0.15) is 20.3 Å². The third kappa shape index (κ3) is 2.99. The van der Waals surface area contributed by atoms with Crippen molar-refractivity contribution in [2.24, 2.45) is 0 Å². The van der Waals surface area contributed by atoms with Crippen LogP contribution in [0.25, 0.3) is 0 Å². The maximum Gasteiger partial charge on any atom is 0.320 e. The minimum Gasteiger partial charge on any atom is -0.327 e. The summed E-state index contributed by atoms with van der Waals surface area (Å²) in [6.45, 7) is 4.80. The molecule has 0 radical (unpaired) electrons. The van der Waals surface area contributed by atoms with E-state index < -0.39 is 0 Å². The summed E-state index contributed by atoms with van der Waals surface area (Å²) >= 11 is 0. The molecule has 0 aromatic carbocycles. The fraction of sp³-hybridized carbons (Fsp3) is 0.500. The molecule has 1 aliphatic heterocycles. The maximum absolute atomic E-state index is 11.9. The van der Waals surface area contributed by atoms with Crippen LogP contribution in [0, 0.1) is 0 Å². The molecule has 3 heteroatoms. The summed E-state index contributed by atoms with van der Waals surface area (Å²) in [5.41, 5.74) is 1.31. The summed E-state index contributed by atoms with van der Waals surface area (Å²) in [6.07, 6.45) is 11.2. The average Bonchev–Trinajstić information content (AvgIpc) is 2.65. The molecule has 1 heterocycles. The van der Waals surface area contributed by atoms with Gasteiger partial charge < -0.3 is 9.80 Å². The second-order valence-corrected chi connectivity index (χ2v) is 4.02. The Morgan fingerprint density at radius 3 is 2.59 bits per heavy atom. The molecule has 1 atom stereocenters. The van der Waals surface area contributed by atoms with E-state index >= 15 is 0 Å². The third-order valence-electron chi connectivity index (χ3n) is 2.99. The summed E-state index contributed by atoms with van der Waals surface area (Å²) in [5, 5.41) is 0. The highest BCUT2D eigenvalue weighted by Crippen LogP contribution is 2.22. The molecule has 1 aliphatic carbocycles. The van der Waals surface area contributed by atoms with Gasteiger partial charge in [0.15, 0.2) is 0 Å². The lowest BCUT2D eigenvalue weighted by molar-refractivity contribution is 0.176. The fourth-order valence-corrected chi connectivity index (χ4v) is 2.02. The first-order valence-corrected chi connectivity index (χ1v) is 6.22. The number of likely N-dealkylation sites (N-methyl/N-ethyl adjacent to an activating group) is 1. The highest BCUT2D eigenvalue weighted by Gasteiger charge is 2.27. The molecule has 3 nitrogen and oxygen atoms in total. The van der Waals surface area contributed by atoms with Crippen molar-refractivity contribution in [2.45, 2.75) is 26.3 Å². The van der Waals surface area contributed by atoms with Crippen molar-refractivity contribution in [3.05, 3.63) is 36.0 Å². The highest BCUT2D eigenvalue weighted by molar-refractivity contribution is 5.75. The van der Waals surface area contributed by atoms with E-state index in [9.17, 15) is 4.79 Å². The van der Waals surface area contributed by atoms with Gasteiger partial charge in [-0.25, -0.2) is 4.79 Å². The van der Waals surface area contributed by atoms with Gasteiger partial charge >= 0.3 is 6.03 Å². The van der Waals surface area contributed by atoms with Gasteiger partial charge in [-0.1, -0.05) is 44.2 Å². The molecule has 1 saturated heterocycles. The van der Waals surface area contributed by atoms with Crippen LogP contribution in [-0.4, -0.2) is 42.5 Å². The standard InChI is InChI=1S/C12H16N2O.C2H6/c1-13-9-8-10-6-4-3-5-7-11(10)14(2)12(13)15;1-2/h3-7,11H,8-9H2,1-2H3;1-2H3. The molecule has 17 heavy (non-hydrogen) atoms. The zero-order valence-electron chi connectivity index (χ0n) is 11.2. The van der Waals surface area contributed by atoms with Crippen molar-refractivity contribution in [1.82, 2.24) is 9.80 Å². The highest BCUT2D eigenvalue weighted by atomic mass is 16.2. The zero-order chi connectivity index (χ0) is 12.8. The smallest absolute Gasteiger partial charge is 0.320 e. The van der Waals surface area contributed by atoms with Gasteiger partial charge in [-0.3, -0.25) is 0 Å². The number of hydrogen-bond donors (Lipinski definition) is 0. The Balaban J connectivity index is 0.000000686. The van der Waals surface area contributed by atoms with E-state index in [1.807, 2.05) is 46.2 Å². The number of allylic oxidation sites excluding steroid dienone is 4. The first kappa shape index (κ1) is 13.6. The van der Waals surface area contributed by atoms with Crippen LogP contribution in [0.3, 0.4) is 0 Å². The van der Waals surface area contributed by atoms with E-state index in [-0.39, 0.29) is 12.1 Å². The monoisotopic (exact) mass is 234 g/mol. The molecule has 1 fully saturated rings. The van der Waals surface area contributed by atoms with Crippen molar-refractivity contribution in [1.29, 1.82) is 0 Å². The number of hydrogen-bond acceptors (Lipinski definition) is 1. The van der Waals surface area contributed by atoms with Crippen molar-refractivity contribution in [2.75, 3.05) is 20.6 Å². The normalized spacial score (nSPS) is 23.2. The summed E-state index contributed by atoms with van der Waals surface area (Å²) < 4.78 is 0. The van der Waals surface area contributed by atoms with Crippen LogP contribution >= 0.6 is 0 Å². The molecule has 0 saturated carbocycles. The van der Waals surface area contributed by atoms with Crippen LogP contribution in [-0.2, 0) is 0 Å². The predicted octanol–water partition coefficient (Wildman–Crippen LogP) is 2.82.